The average Bonchev–Trinajstić information content (AvgIpc) is 1.99. The number of hydrogen-bond acceptors (Lipinski definition) is 3. The highest BCUT2D eigenvalue weighted by Crippen LogP contribution is 1.96. The van der Waals surface area contributed by atoms with Crippen LogP contribution in [0.2, 0.25) is 0 Å². The standard InChI is InChI=1S/C7H16N2O2/c1-9(2)7(11)4-3-6(8)5-10/h6,10H,3-5,8H2,1-2H3/t6-/m0/s1. The van der Waals surface area contributed by atoms with Gasteiger partial charge >= 0.3 is 0 Å². The topological polar surface area (TPSA) is 66.6 Å². The van der Waals surface area contributed by atoms with Gasteiger partial charge in [0.1, 0.15) is 0 Å². The van der Waals surface area contributed by atoms with Crippen LogP contribution in [0.25, 0.3) is 0 Å². The molecular formula is C7H16N2O2. The van der Waals surface area contributed by atoms with Gasteiger partial charge in [0, 0.05) is 26.6 Å². The lowest BCUT2D eigenvalue weighted by Gasteiger charge is -2.11. The molecule has 1 amide bonds. The first-order chi connectivity index (χ1) is 5.07. The minimum Gasteiger partial charge on any atom is -0.395 e. The first-order valence-corrected chi connectivity index (χ1v) is 3.64. The zero-order chi connectivity index (χ0) is 8.85. The van der Waals surface area contributed by atoms with E-state index >= 15 is 0 Å². The fourth-order valence-corrected chi connectivity index (χ4v) is 0.624. The van der Waals surface area contributed by atoms with Crippen molar-refractivity contribution in [1.29, 1.82) is 0 Å². The largest absolute Gasteiger partial charge is 0.395 e. The zero-order valence-electron chi connectivity index (χ0n) is 7.08. The van der Waals surface area contributed by atoms with Crippen molar-refractivity contribution in [1.82, 2.24) is 4.90 Å². The molecule has 0 spiro atoms. The smallest absolute Gasteiger partial charge is 0.222 e. The van der Waals surface area contributed by atoms with Crippen molar-refractivity contribution in [2.45, 2.75) is 18.9 Å². The van der Waals surface area contributed by atoms with Crippen LogP contribution in [0.4, 0.5) is 0 Å². The lowest BCUT2D eigenvalue weighted by molar-refractivity contribution is -0.128. The Hall–Kier alpha value is -0.610. The summed E-state index contributed by atoms with van der Waals surface area (Å²) >= 11 is 0. The first-order valence-electron chi connectivity index (χ1n) is 3.64. The van der Waals surface area contributed by atoms with Gasteiger partial charge in [-0.3, -0.25) is 4.79 Å². The lowest BCUT2D eigenvalue weighted by atomic mass is 10.2. The molecule has 4 heteroatoms. The van der Waals surface area contributed by atoms with E-state index in [0.717, 1.165) is 0 Å². The van der Waals surface area contributed by atoms with Gasteiger partial charge in [-0.05, 0) is 6.42 Å². The Bertz CT molecular complexity index is 126. The fraction of sp³-hybridized carbons (Fsp3) is 0.857. The third kappa shape index (κ3) is 4.75. The highest BCUT2D eigenvalue weighted by molar-refractivity contribution is 5.75. The van der Waals surface area contributed by atoms with E-state index < -0.39 is 0 Å². The van der Waals surface area contributed by atoms with E-state index in [9.17, 15) is 4.79 Å². The molecule has 0 aromatic heterocycles. The predicted molar refractivity (Wildman–Crippen MR) is 43.0 cm³/mol. The van der Waals surface area contributed by atoms with Crippen molar-refractivity contribution in [3.8, 4) is 0 Å². The summed E-state index contributed by atoms with van der Waals surface area (Å²) in [4.78, 5) is 12.5. The first kappa shape index (κ1) is 10.4. The van der Waals surface area contributed by atoms with Crippen LogP contribution in [0.15, 0.2) is 0 Å². The molecule has 0 aromatic carbocycles. The van der Waals surface area contributed by atoms with Gasteiger partial charge in [0.2, 0.25) is 5.91 Å². The summed E-state index contributed by atoms with van der Waals surface area (Å²) in [6.07, 6.45) is 0.961. The number of nitrogens with two attached hydrogens (primary N) is 1. The van der Waals surface area contributed by atoms with Crippen LogP contribution in [0.3, 0.4) is 0 Å². The number of nitrogens with zero attached hydrogens (tertiary/aromatic N) is 1. The Balaban J connectivity index is 3.46. The number of amides is 1. The second kappa shape index (κ2) is 5.09. The zero-order valence-corrected chi connectivity index (χ0v) is 7.08. The number of aliphatic hydroxyl groups is 1. The predicted octanol–water partition coefficient (Wildman–Crippen LogP) is -0.826. The maximum atomic E-state index is 11.0. The van der Waals surface area contributed by atoms with Gasteiger partial charge in [-0.25, -0.2) is 0 Å². The SMILES string of the molecule is CN(C)C(=O)CC[C@H](N)CO. The molecule has 0 radical (unpaired) electrons. The van der Waals surface area contributed by atoms with Crippen LogP contribution in [-0.4, -0.2) is 42.7 Å². The van der Waals surface area contributed by atoms with E-state index in [4.69, 9.17) is 10.8 Å². The van der Waals surface area contributed by atoms with Gasteiger partial charge in [0.15, 0.2) is 0 Å². The third-order valence-electron chi connectivity index (χ3n) is 1.46. The van der Waals surface area contributed by atoms with Crippen molar-refractivity contribution < 1.29 is 9.90 Å². The van der Waals surface area contributed by atoms with Crippen molar-refractivity contribution in [3.63, 3.8) is 0 Å². The monoisotopic (exact) mass is 160 g/mol. The minimum absolute atomic E-state index is 0.0499. The molecule has 0 saturated carbocycles. The number of hydrogen-bond donors (Lipinski definition) is 2. The molecule has 0 rings (SSSR count). The molecule has 66 valence electrons. The van der Waals surface area contributed by atoms with Crippen molar-refractivity contribution in [2.75, 3.05) is 20.7 Å². The summed E-state index contributed by atoms with van der Waals surface area (Å²) < 4.78 is 0. The lowest BCUT2D eigenvalue weighted by Crippen LogP contribution is -2.28. The molecule has 0 aliphatic rings. The summed E-state index contributed by atoms with van der Waals surface area (Å²) in [6.45, 7) is -0.0549. The molecule has 0 saturated heterocycles. The molecule has 4 nitrogen and oxygen atoms in total. The minimum atomic E-state index is -0.265. The number of aliphatic hydroxyl groups excluding tert-OH is 1. The van der Waals surface area contributed by atoms with E-state index in [1.165, 1.54) is 4.90 Å². The maximum absolute atomic E-state index is 11.0. The number of rotatable bonds is 4. The Morgan fingerprint density at radius 2 is 2.18 bits per heavy atom. The highest BCUT2D eigenvalue weighted by atomic mass is 16.3. The van der Waals surface area contributed by atoms with Crippen molar-refractivity contribution in [2.24, 2.45) is 5.73 Å². The maximum Gasteiger partial charge on any atom is 0.222 e. The van der Waals surface area contributed by atoms with Gasteiger partial charge in [-0.1, -0.05) is 0 Å². The second-order valence-electron chi connectivity index (χ2n) is 2.77. The molecule has 0 fully saturated rings. The Morgan fingerprint density at radius 3 is 2.55 bits per heavy atom. The van der Waals surface area contributed by atoms with Crippen LogP contribution in [0, 0.1) is 0 Å². The normalized spacial score (nSPS) is 12.7. The van der Waals surface area contributed by atoms with Crippen molar-refractivity contribution >= 4 is 5.91 Å². The summed E-state index contributed by atoms with van der Waals surface area (Å²) in [5.41, 5.74) is 5.40. The quantitative estimate of drug-likeness (QED) is 0.564. The van der Waals surface area contributed by atoms with Gasteiger partial charge < -0.3 is 15.7 Å². The molecule has 0 unspecified atom stereocenters. The summed E-state index contributed by atoms with van der Waals surface area (Å²) in [5.74, 6) is 0.0499. The summed E-state index contributed by atoms with van der Waals surface area (Å²) in [5, 5.41) is 8.54. The van der Waals surface area contributed by atoms with E-state index in [-0.39, 0.29) is 18.6 Å². The molecule has 3 N–H and O–H groups in total. The van der Waals surface area contributed by atoms with E-state index in [2.05, 4.69) is 0 Å². The van der Waals surface area contributed by atoms with E-state index in [0.29, 0.717) is 12.8 Å². The van der Waals surface area contributed by atoms with E-state index in [1.807, 2.05) is 0 Å². The second-order valence-corrected chi connectivity index (χ2v) is 2.77. The van der Waals surface area contributed by atoms with E-state index in [1.54, 1.807) is 14.1 Å². The molecule has 0 bridgehead atoms. The van der Waals surface area contributed by atoms with Gasteiger partial charge in [0.25, 0.3) is 0 Å². The van der Waals surface area contributed by atoms with Crippen molar-refractivity contribution in [3.05, 3.63) is 0 Å². The molecule has 0 aliphatic heterocycles. The Labute approximate surface area is 67.0 Å². The fourth-order valence-electron chi connectivity index (χ4n) is 0.624. The molecule has 0 aliphatic carbocycles. The molecule has 0 heterocycles. The summed E-state index contributed by atoms with van der Waals surface area (Å²) in [7, 11) is 3.40. The number of carbonyl (C=O) groups excluding carboxylic acids is 1. The molecule has 11 heavy (non-hydrogen) atoms. The van der Waals surface area contributed by atoms with Crippen LogP contribution in [0.1, 0.15) is 12.8 Å². The van der Waals surface area contributed by atoms with Gasteiger partial charge in [-0.2, -0.15) is 0 Å². The van der Waals surface area contributed by atoms with Crippen LogP contribution in [-0.2, 0) is 4.79 Å². The van der Waals surface area contributed by atoms with Gasteiger partial charge in [0.05, 0.1) is 6.61 Å². The summed E-state index contributed by atoms with van der Waals surface area (Å²) in [6, 6.07) is -0.265. The van der Waals surface area contributed by atoms with Crippen LogP contribution < -0.4 is 5.73 Å². The Morgan fingerprint density at radius 1 is 1.64 bits per heavy atom. The molecule has 0 aromatic rings. The average molecular weight is 160 g/mol. The van der Waals surface area contributed by atoms with Crippen LogP contribution in [0.5, 0.6) is 0 Å². The van der Waals surface area contributed by atoms with Crippen LogP contribution >= 0.6 is 0 Å². The highest BCUT2D eigenvalue weighted by Gasteiger charge is 2.06. The molecular weight excluding hydrogens is 144 g/mol. The third-order valence-corrected chi connectivity index (χ3v) is 1.46. The van der Waals surface area contributed by atoms with Gasteiger partial charge in [-0.15, -0.1) is 0 Å². The number of carbonyl (C=O) groups is 1. The Kier molecular flexibility index (Phi) is 4.81. The molecule has 1 atom stereocenters.